The molecule has 0 fully saturated rings. The molecule has 1 atom stereocenters. The molecular formula is C22H17ClN2O2S. The lowest BCUT2D eigenvalue weighted by molar-refractivity contribution is 0.458. The van der Waals surface area contributed by atoms with E-state index in [4.69, 9.17) is 16.3 Å². The van der Waals surface area contributed by atoms with Crippen LogP contribution in [0.2, 0.25) is 5.02 Å². The molecule has 4 nitrogen and oxygen atoms in total. The molecule has 140 valence electrons. The SMILES string of the molecule is Cc1nc2c(Cl)cccc2nc1Oc1ccc(-c2cccc(S(C)=O)c2)cc1. The van der Waals surface area contributed by atoms with E-state index in [1.54, 1.807) is 12.3 Å². The van der Waals surface area contributed by atoms with Crippen molar-refractivity contribution in [1.82, 2.24) is 9.97 Å². The number of benzene rings is 3. The summed E-state index contributed by atoms with van der Waals surface area (Å²) in [6.45, 7) is 1.84. The van der Waals surface area contributed by atoms with Gasteiger partial charge in [-0.25, -0.2) is 9.97 Å². The number of halogens is 1. The number of hydrogen-bond donors (Lipinski definition) is 0. The quantitative estimate of drug-likeness (QED) is 0.429. The standard InChI is InChI=1S/C22H17ClN2O2S/c1-14-22(25-20-8-4-7-19(23)21(20)24-14)27-17-11-9-15(10-12-17)16-5-3-6-18(13-16)28(2)26/h3-13H,1-2H3. The maximum absolute atomic E-state index is 11.7. The van der Waals surface area contributed by atoms with Crippen molar-refractivity contribution in [3.63, 3.8) is 0 Å². The smallest absolute Gasteiger partial charge is 0.241 e. The summed E-state index contributed by atoms with van der Waals surface area (Å²) in [6.07, 6.45) is 1.68. The Morgan fingerprint density at radius 2 is 1.68 bits per heavy atom. The van der Waals surface area contributed by atoms with Crippen LogP contribution in [0.25, 0.3) is 22.2 Å². The fourth-order valence-electron chi connectivity index (χ4n) is 2.89. The van der Waals surface area contributed by atoms with Gasteiger partial charge in [0.15, 0.2) is 0 Å². The maximum Gasteiger partial charge on any atom is 0.241 e. The lowest BCUT2D eigenvalue weighted by Gasteiger charge is -2.10. The third kappa shape index (κ3) is 3.77. The summed E-state index contributed by atoms with van der Waals surface area (Å²) in [6, 6.07) is 20.9. The summed E-state index contributed by atoms with van der Waals surface area (Å²) in [5.41, 5.74) is 4.05. The number of fused-ring (bicyclic) bond motifs is 1. The van der Waals surface area contributed by atoms with Gasteiger partial charge in [-0.15, -0.1) is 0 Å². The summed E-state index contributed by atoms with van der Waals surface area (Å²) in [5, 5.41) is 0.569. The van der Waals surface area contributed by atoms with Crippen molar-refractivity contribution in [2.45, 2.75) is 11.8 Å². The van der Waals surface area contributed by atoms with Gasteiger partial charge in [0.1, 0.15) is 17.0 Å². The lowest BCUT2D eigenvalue weighted by atomic mass is 10.1. The average molecular weight is 409 g/mol. The molecule has 0 aliphatic heterocycles. The molecule has 0 aliphatic carbocycles. The first-order chi connectivity index (χ1) is 13.5. The summed E-state index contributed by atoms with van der Waals surface area (Å²) in [4.78, 5) is 9.86. The van der Waals surface area contributed by atoms with Crippen LogP contribution in [-0.4, -0.2) is 20.4 Å². The number of nitrogens with zero attached hydrogens (tertiary/aromatic N) is 2. The minimum atomic E-state index is -1.01. The van der Waals surface area contributed by atoms with Gasteiger partial charge in [-0.1, -0.05) is 41.9 Å². The number of rotatable bonds is 4. The Kier molecular flexibility index (Phi) is 5.11. The maximum atomic E-state index is 11.7. The number of aryl methyl sites for hydroxylation is 1. The lowest BCUT2D eigenvalue weighted by Crippen LogP contribution is -1.96. The topological polar surface area (TPSA) is 52.1 Å². The molecule has 1 unspecified atom stereocenters. The molecular weight excluding hydrogens is 392 g/mol. The van der Waals surface area contributed by atoms with Gasteiger partial charge in [0.2, 0.25) is 5.88 Å². The zero-order chi connectivity index (χ0) is 19.7. The van der Waals surface area contributed by atoms with Crippen LogP contribution >= 0.6 is 11.6 Å². The third-order valence-electron chi connectivity index (χ3n) is 4.34. The highest BCUT2D eigenvalue weighted by Crippen LogP contribution is 2.29. The van der Waals surface area contributed by atoms with Crippen LogP contribution in [0.3, 0.4) is 0 Å². The Balaban J connectivity index is 1.62. The van der Waals surface area contributed by atoms with E-state index in [2.05, 4.69) is 9.97 Å². The fraction of sp³-hybridized carbons (Fsp3) is 0.0909. The van der Waals surface area contributed by atoms with E-state index in [-0.39, 0.29) is 0 Å². The second-order valence-corrected chi connectivity index (χ2v) is 8.12. The van der Waals surface area contributed by atoms with Crippen molar-refractivity contribution in [2.75, 3.05) is 6.26 Å². The normalized spacial score (nSPS) is 12.1. The minimum absolute atomic E-state index is 0.450. The van der Waals surface area contributed by atoms with Crippen molar-refractivity contribution >= 4 is 33.4 Å². The molecule has 3 aromatic carbocycles. The van der Waals surface area contributed by atoms with Gasteiger partial charge in [-0.2, -0.15) is 0 Å². The molecule has 28 heavy (non-hydrogen) atoms. The second kappa shape index (κ2) is 7.70. The van der Waals surface area contributed by atoms with E-state index in [9.17, 15) is 4.21 Å². The van der Waals surface area contributed by atoms with Crippen molar-refractivity contribution < 1.29 is 8.95 Å². The third-order valence-corrected chi connectivity index (χ3v) is 5.57. The van der Waals surface area contributed by atoms with Crippen molar-refractivity contribution in [2.24, 2.45) is 0 Å². The molecule has 0 spiro atoms. The Labute approximate surface area is 170 Å². The first-order valence-corrected chi connectivity index (χ1v) is 10.6. The van der Waals surface area contributed by atoms with Gasteiger partial charge in [-0.05, 0) is 54.4 Å². The van der Waals surface area contributed by atoms with Gasteiger partial charge in [0.05, 0.1) is 10.5 Å². The second-order valence-electron chi connectivity index (χ2n) is 6.33. The molecule has 0 amide bonds. The predicted molar refractivity (Wildman–Crippen MR) is 114 cm³/mol. The molecule has 0 saturated heterocycles. The molecule has 4 rings (SSSR count). The van der Waals surface area contributed by atoms with Crippen LogP contribution < -0.4 is 4.74 Å². The summed E-state index contributed by atoms with van der Waals surface area (Å²) in [5.74, 6) is 1.11. The van der Waals surface area contributed by atoms with E-state index in [1.807, 2.05) is 67.6 Å². The van der Waals surface area contributed by atoms with E-state index >= 15 is 0 Å². The average Bonchev–Trinajstić information content (AvgIpc) is 2.70. The Hall–Kier alpha value is -2.76. The number of aromatic nitrogens is 2. The van der Waals surface area contributed by atoms with Gasteiger partial charge < -0.3 is 4.74 Å². The molecule has 0 saturated carbocycles. The number of hydrogen-bond acceptors (Lipinski definition) is 4. The number of para-hydroxylation sites is 1. The van der Waals surface area contributed by atoms with Gasteiger partial charge in [0, 0.05) is 22.0 Å². The van der Waals surface area contributed by atoms with Crippen LogP contribution in [0, 0.1) is 6.92 Å². The zero-order valence-electron chi connectivity index (χ0n) is 15.3. The summed E-state index contributed by atoms with van der Waals surface area (Å²) < 4.78 is 17.6. The monoisotopic (exact) mass is 408 g/mol. The van der Waals surface area contributed by atoms with Crippen LogP contribution in [0.1, 0.15) is 5.69 Å². The first kappa shape index (κ1) is 18.6. The van der Waals surface area contributed by atoms with Crippen molar-refractivity contribution in [1.29, 1.82) is 0 Å². The molecule has 6 heteroatoms. The fourth-order valence-corrected chi connectivity index (χ4v) is 3.66. The molecule has 4 aromatic rings. The highest BCUT2D eigenvalue weighted by atomic mass is 35.5. The molecule has 0 N–H and O–H groups in total. The molecule has 0 aliphatic rings. The zero-order valence-corrected chi connectivity index (χ0v) is 16.9. The van der Waals surface area contributed by atoms with Gasteiger partial charge in [-0.3, -0.25) is 4.21 Å². The Morgan fingerprint density at radius 1 is 0.929 bits per heavy atom. The van der Waals surface area contributed by atoms with Crippen LogP contribution in [0.15, 0.2) is 71.6 Å². The summed E-state index contributed by atoms with van der Waals surface area (Å²) >= 11 is 6.19. The largest absolute Gasteiger partial charge is 0.437 e. The molecule has 1 heterocycles. The molecule has 1 aromatic heterocycles. The van der Waals surface area contributed by atoms with Crippen LogP contribution in [0.4, 0.5) is 0 Å². The highest BCUT2D eigenvalue weighted by Gasteiger charge is 2.10. The van der Waals surface area contributed by atoms with E-state index in [1.165, 1.54) is 0 Å². The first-order valence-electron chi connectivity index (χ1n) is 8.66. The van der Waals surface area contributed by atoms with E-state index < -0.39 is 10.8 Å². The molecule has 0 radical (unpaired) electrons. The van der Waals surface area contributed by atoms with Crippen molar-refractivity contribution in [3.05, 3.63) is 77.4 Å². The molecule has 0 bridgehead atoms. The van der Waals surface area contributed by atoms with Gasteiger partial charge >= 0.3 is 0 Å². The Morgan fingerprint density at radius 3 is 2.43 bits per heavy atom. The van der Waals surface area contributed by atoms with Crippen LogP contribution in [-0.2, 0) is 10.8 Å². The van der Waals surface area contributed by atoms with Gasteiger partial charge in [0.25, 0.3) is 0 Å². The van der Waals surface area contributed by atoms with E-state index in [0.717, 1.165) is 16.0 Å². The minimum Gasteiger partial charge on any atom is -0.437 e. The Bertz CT molecular complexity index is 1190. The van der Waals surface area contributed by atoms with Crippen molar-refractivity contribution in [3.8, 4) is 22.8 Å². The predicted octanol–water partition coefficient (Wildman–Crippen LogP) is 5.79. The van der Waals surface area contributed by atoms with Crippen LogP contribution in [0.5, 0.6) is 11.6 Å². The highest BCUT2D eigenvalue weighted by molar-refractivity contribution is 7.84. The van der Waals surface area contributed by atoms with E-state index in [0.29, 0.717) is 33.4 Å². The summed E-state index contributed by atoms with van der Waals surface area (Å²) in [7, 11) is -1.01. The number of ether oxygens (including phenoxy) is 1.